The third-order valence-corrected chi connectivity index (χ3v) is 2.64. The molecular formula is C12H16N2. The number of nitrogens with zero attached hydrogens (tertiary/aromatic N) is 2. The van der Waals surface area contributed by atoms with E-state index in [2.05, 4.69) is 34.7 Å². The van der Waals surface area contributed by atoms with Crippen molar-refractivity contribution in [3.63, 3.8) is 0 Å². The number of para-hydroxylation sites is 1. The number of aromatic nitrogens is 2. The van der Waals surface area contributed by atoms with E-state index in [-0.39, 0.29) is 0 Å². The minimum absolute atomic E-state index is 1.14. The molecule has 14 heavy (non-hydrogen) atoms. The molecule has 0 fully saturated rings. The first kappa shape index (κ1) is 9.25. The lowest BCUT2D eigenvalue weighted by atomic mass is 10.1. The molecule has 0 atom stereocenters. The quantitative estimate of drug-likeness (QED) is 0.724. The van der Waals surface area contributed by atoms with Crippen molar-refractivity contribution in [2.24, 2.45) is 7.05 Å². The van der Waals surface area contributed by atoms with Crippen molar-refractivity contribution in [3.8, 4) is 0 Å². The molecule has 0 aliphatic rings. The Labute approximate surface area is 84.6 Å². The number of benzene rings is 1. The van der Waals surface area contributed by atoms with Crippen LogP contribution in [0.3, 0.4) is 0 Å². The minimum atomic E-state index is 1.14. The second-order valence-electron chi connectivity index (χ2n) is 3.74. The molecule has 2 heteroatoms. The third-order valence-electron chi connectivity index (χ3n) is 2.64. The Hall–Kier alpha value is -1.31. The Morgan fingerprint density at radius 1 is 1.36 bits per heavy atom. The molecule has 2 nitrogen and oxygen atoms in total. The van der Waals surface area contributed by atoms with Crippen LogP contribution < -0.4 is 0 Å². The molecule has 1 aromatic heterocycles. The Balaban J connectivity index is 2.44. The number of imidazole rings is 1. The standard InChI is InChI=1S/C12H16N2/c1-3-4-6-10-7-5-8-11-12(10)13-9-14(11)2/h5,7-9H,3-4,6H2,1-2H3. The van der Waals surface area contributed by atoms with Gasteiger partial charge in [-0.3, -0.25) is 0 Å². The molecule has 0 spiro atoms. The van der Waals surface area contributed by atoms with Gasteiger partial charge in [-0.25, -0.2) is 4.98 Å². The SMILES string of the molecule is CCCCc1cccc2c1ncn2C. The first-order valence-corrected chi connectivity index (χ1v) is 5.22. The van der Waals surface area contributed by atoms with E-state index in [1.807, 2.05) is 13.4 Å². The van der Waals surface area contributed by atoms with Crippen molar-refractivity contribution in [2.75, 3.05) is 0 Å². The maximum atomic E-state index is 4.43. The average molecular weight is 188 g/mol. The zero-order chi connectivity index (χ0) is 9.97. The van der Waals surface area contributed by atoms with Gasteiger partial charge in [0.15, 0.2) is 0 Å². The van der Waals surface area contributed by atoms with Gasteiger partial charge in [-0.2, -0.15) is 0 Å². The zero-order valence-electron chi connectivity index (χ0n) is 8.83. The van der Waals surface area contributed by atoms with Gasteiger partial charge in [-0.15, -0.1) is 0 Å². The van der Waals surface area contributed by atoms with Crippen molar-refractivity contribution in [1.82, 2.24) is 9.55 Å². The molecule has 1 heterocycles. The van der Waals surface area contributed by atoms with Crippen molar-refractivity contribution in [1.29, 1.82) is 0 Å². The topological polar surface area (TPSA) is 17.8 Å². The molecule has 2 rings (SSSR count). The van der Waals surface area contributed by atoms with Crippen LogP contribution in [-0.2, 0) is 13.5 Å². The molecule has 2 aromatic rings. The van der Waals surface area contributed by atoms with Crippen molar-refractivity contribution in [2.45, 2.75) is 26.2 Å². The monoisotopic (exact) mass is 188 g/mol. The van der Waals surface area contributed by atoms with Gasteiger partial charge < -0.3 is 4.57 Å². The Bertz CT molecular complexity index is 429. The predicted molar refractivity (Wildman–Crippen MR) is 59.3 cm³/mol. The first-order valence-electron chi connectivity index (χ1n) is 5.22. The molecule has 0 aliphatic heterocycles. The van der Waals surface area contributed by atoms with E-state index < -0.39 is 0 Å². The van der Waals surface area contributed by atoms with Crippen LogP contribution in [-0.4, -0.2) is 9.55 Å². The molecule has 0 unspecified atom stereocenters. The highest BCUT2D eigenvalue weighted by Crippen LogP contribution is 2.18. The summed E-state index contributed by atoms with van der Waals surface area (Å²) in [5.74, 6) is 0. The van der Waals surface area contributed by atoms with Crippen LogP contribution in [0.2, 0.25) is 0 Å². The molecule has 0 N–H and O–H groups in total. The van der Waals surface area contributed by atoms with Gasteiger partial charge in [0.1, 0.15) is 0 Å². The maximum absolute atomic E-state index is 4.43. The molecule has 0 bridgehead atoms. The highest BCUT2D eigenvalue weighted by Gasteiger charge is 2.03. The summed E-state index contributed by atoms with van der Waals surface area (Å²) < 4.78 is 2.07. The van der Waals surface area contributed by atoms with Crippen LogP contribution >= 0.6 is 0 Å². The summed E-state index contributed by atoms with van der Waals surface area (Å²) in [4.78, 5) is 4.43. The number of hydrogen-bond donors (Lipinski definition) is 0. The number of rotatable bonds is 3. The Morgan fingerprint density at radius 2 is 2.21 bits per heavy atom. The van der Waals surface area contributed by atoms with Gasteiger partial charge in [0, 0.05) is 7.05 Å². The third kappa shape index (κ3) is 1.52. The van der Waals surface area contributed by atoms with Gasteiger partial charge in [0.25, 0.3) is 0 Å². The fraction of sp³-hybridized carbons (Fsp3) is 0.417. The predicted octanol–water partition coefficient (Wildman–Crippen LogP) is 2.92. The van der Waals surface area contributed by atoms with Gasteiger partial charge in [0.2, 0.25) is 0 Å². The van der Waals surface area contributed by atoms with Crippen molar-refractivity contribution < 1.29 is 0 Å². The van der Waals surface area contributed by atoms with Gasteiger partial charge in [-0.1, -0.05) is 25.5 Å². The molecule has 1 aromatic carbocycles. The maximum Gasteiger partial charge on any atom is 0.0955 e. The highest BCUT2D eigenvalue weighted by molar-refractivity contribution is 5.78. The lowest BCUT2D eigenvalue weighted by molar-refractivity contribution is 0.798. The molecule has 0 saturated heterocycles. The average Bonchev–Trinajstić information content (AvgIpc) is 2.58. The lowest BCUT2D eigenvalue weighted by Crippen LogP contribution is -1.88. The summed E-state index contributed by atoms with van der Waals surface area (Å²) in [6.07, 6.45) is 5.52. The van der Waals surface area contributed by atoms with E-state index in [9.17, 15) is 0 Å². The summed E-state index contributed by atoms with van der Waals surface area (Å²) in [5.41, 5.74) is 3.78. The van der Waals surface area contributed by atoms with Crippen molar-refractivity contribution in [3.05, 3.63) is 30.1 Å². The molecule has 0 aliphatic carbocycles. The molecule has 0 amide bonds. The highest BCUT2D eigenvalue weighted by atomic mass is 15.0. The number of aryl methyl sites for hydroxylation is 2. The molecule has 0 saturated carbocycles. The summed E-state index contributed by atoms with van der Waals surface area (Å²) in [5, 5.41) is 0. The van der Waals surface area contributed by atoms with E-state index in [1.54, 1.807) is 0 Å². The van der Waals surface area contributed by atoms with Gasteiger partial charge in [-0.05, 0) is 24.5 Å². The Morgan fingerprint density at radius 3 is 3.00 bits per heavy atom. The molecular weight excluding hydrogens is 172 g/mol. The van der Waals surface area contributed by atoms with Crippen LogP contribution in [0.1, 0.15) is 25.3 Å². The number of hydrogen-bond acceptors (Lipinski definition) is 1. The van der Waals surface area contributed by atoms with E-state index in [0.29, 0.717) is 0 Å². The first-order chi connectivity index (χ1) is 6.83. The smallest absolute Gasteiger partial charge is 0.0955 e. The zero-order valence-corrected chi connectivity index (χ0v) is 8.83. The summed E-state index contributed by atoms with van der Waals surface area (Å²) in [6.45, 7) is 2.22. The number of unbranched alkanes of at least 4 members (excludes halogenated alkanes) is 1. The van der Waals surface area contributed by atoms with Crippen molar-refractivity contribution >= 4 is 11.0 Å². The van der Waals surface area contributed by atoms with Crippen LogP contribution in [0.4, 0.5) is 0 Å². The fourth-order valence-corrected chi connectivity index (χ4v) is 1.79. The van der Waals surface area contributed by atoms with E-state index in [1.165, 1.54) is 29.4 Å². The van der Waals surface area contributed by atoms with E-state index in [4.69, 9.17) is 0 Å². The number of fused-ring (bicyclic) bond motifs is 1. The summed E-state index contributed by atoms with van der Waals surface area (Å²) >= 11 is 0. The molecule has 74 valence electrons. The van der Waals surface area contributed by atoms with Crippen LogP contribution in [0.15, 0.2) is 24.5 Å². The molecule has 0 radical (unpaired) electrons. The lowest BCUT2D eigenvalue weighted by Gasteiger charge is -2.01. The van der Waals surface area contributed by atoms with Crippen LogP contribution in [0.5, 0.6) is 0 Å². The normalized spacial score (nSPS) is 11.0. The van der Waals surface area contributed by atoms with Crippen LogP contribution in [0.25, 0.3) is 11.0 Å². The second-order valence-corrected chi connectivity index (χ2v) is 3.74. The second kappa shape index (κ2) is 3.82. The van der Waals surface area contributed by atoms with Crippen LogP contribution in [0, 0.1) is 0 Å². The van der Waals surface area contributed by atoms with E-state index in [0.717, 1.165) is 6.42 Å². The summed E-state index contributed by atoms with van der Waals surface area (Å²) in [6, 6.07) is 6.43. The summed E-state index contributed by atoms with van der Waals surface area (Å²) in [7, 11) is 2.04. The minimum Gasteiger partial charge on any atom is -0.334 e. The largest absolute Gasteiger partial charge is 0.334 e. The van der Waals surface area contributed by atoms with E-state index >= 15 is 0 Å². The van der Waals surface area contributed by atoms with Gasteiger partial charge >= 0.3 is 0 Å². The fourth-order valence-electron chi connectivity index (χ4n) is 1.79. The Kier molecular flexibility index (Phi) is 2.53. The van der Waals surface area contributed by atoms with Gasteiger partial charge in [0.05, 0.1) is 17.4 Å².